The molecule has 0 unspecified atom stereocenters. The molecule has 1 aromatic carbocycles. The fraction of sp³-hybridized carbons (Fsp3) is 0.650. The number of nitrogens with zero attached hydrogens (tertiary/aromatic N) is 1. The van der Waals surface area contributed by atoms with Crippen LogP contribution >= 0.6 is 0 Å². The van der Waals surface area contributed by atoms with E-state index in [2.05, 4.69) is 24.1 Å². The minimum absolute atomic E-state index is 0.121. The molecule has 0 aliphatic rings. The van der Waals surface area contributed by atoms with Gasteiger partial charge in [0.1, 0.15) is 11.4 Å². The van der Waals surface area contributed by atoms with Crippen molar-refractivity contribution in [3.8, 4) is 5.75 Å². The first-order valence-electron chi connectivity index (χ1n) is 9.30. The molecule has 25 heavy (non-hydrogen) atoms. The molecule has 0 aromatic heterocycles. The summed E-state index contributed by atoms with van der Waals surface area (Å²) in [6.07, 6.45) is 2.57. The SMILES string of the molecule is CCC[C@@](C)(OC)C(=O)Nc1ccc(OCCCN(CC)CC)cc1. The molecule has 5 heteroatoms. The van der Waals surface area contributed by atoms with Gasteiger partial charge in [0.15, 0.2) is 0 Å². The summed E-state index contributed by atoms with van der Waals surface area (Å²) in [4.78, 5) is 14.8. The molecule has 142 valence electrons. The van der Waals surface area contributed by atoms with E-state index < -0.39 is 5.60 Å². The zero-order valence-electron chi connectivity index (χ0n) is 16.4. The van der Waals surface area contributed by atoms with Gasteiger partial charge in [0.25, 0.3) is 5.91 Å². The molecular formula is C20H34N2O3. The van der Waals surface area contributed by atoms with E-state index in [1.807, 2.05) is 38.1 Å². The Morgan fingerprint density at radius 3 is 2.32 bits per heavy atom. The summed E-state index contributed by atoms with van der Waals surface area (Å²) in [5, 5.41) is 2.92. The second-order valence-electron chi connectivity index (χ2n) is 6.39. The Morgan fingerprint density at radius 1 is 1.16 bits per heavy atom. The average molecular weight is 351 g/mol. The summed E-state index contributed by atoms with van der Waals surface area (Å²) >= 11 is 0. The number of hydrogen-bond donors (Lipinski definition) is 1. The van der Waals surface area contributed by atoms with Crippen molar-refractivity contribution in [1.82, 2.24) is 4.90 Å². The van der Waals surface area contributed by atoms with Crippen molar-refractivity contribution < 1.29 is 14.3 Å². The molecule has 1 rings (SSSR count). The molecule has 1 amide bonds. The zero-order chi connectivity index (χ0) is 18.7. The molecule has 0 heterocycles. The van der Waals surface area contributed by atoms with Gasteiger partial charge in [0.05, 0.1) is 6.61 Å². The molecule has 0 saturated carbocycles. The monoisotopic (exact) mass is 350 g/mol. The van der Waals surface area contributed by atoms with Crippen LogP contribution in [0.2, 0.25) is 0 Å². The molecule has 0 aliphatic carbocycles. The lowest BCUT2D eigenvalue weighted by atomic mass is 9.99. The number of hydrogen-bond acceptors (Lipinski definition) is 4. The topological polar surface area (TPSA) is 50.8 Å². The Balaban J connectivity index is 2.47. The van der Waals surface area contributed by atoms with Crippen molar-refractivity contribution in [1.29, 1.82) is 0 Å². The third-order valence-corrected chi connectivity index (χ3v) is 4.55. The second kappa shape index (κ2) is 11.1. The van der Waals surface area contributed by atoms with Gasteiger partial charge in [-0.25, -0.2) is 0 Å². The van der Waals surface area contributed by atoms with Gasteiger partial charge in [-0.3, -0.25) is 4.79 Å². The molecule has 1 atom stereocenters. The number of rotatable bonds is 12. The van der Waals surface area contributed by atoms with Crippen LogP contribution in [0.4, 0.5) is 5.69 Å². The Morgan fingerprint density at radius 2 is 1.80 bits per heavy atom. The van der Waals surface area contributed by atoms with Crippen LogP contribution in [-0.2, 0) is 9.53 Å². The molecule has 0 radical (unpaired) electrons. The molecule has 0 aliphatic heterocycles. The smallest absolute Gasteiger partial charge is 0.256 e. The first kappa shape index (κ1) is 21.5. The lowest BCUT2D eigenvalue weighted by molar-refractivity contribution is -0.136. The fourth-order valence-electron chi connectivity index (χ4n) is 2.70. The lowest BCUT2D eigenvalue weighted by Gasteiger charge is -2.26. The maximum Gasteiger partial charge on any atom is 0.256 e. The van der Waals surface area contributed by atoms with Gasteiger partial charge in [-0.15, -0.1) is 0 Å². The normalized spacial score (nSPS) is 13.5. The van der Waals surface area contributed by atoms with Gasteiger partial charge >= 0.3 is 0 Å². The fourth-order valence-corrected chi connectivity index (χ4v) is 2.70. The maximum atomic E-state index is 12.4. The van der Waals surface area contributed by atoms with E-state index in [0.717, 1.165) is 43.9 Å². The summed E-state index contributed by atoms with van der Waals surface area (Å²) in [5.74, 6) is 0.699. The van der Waals surface area contributed by atoms with E-state index in [1.165, 1.54) is 0 Å². The number of carbonyl (C=O) groups excluding carboxylic acids is 1. The zero-order valence-corrected chi connectivity index (χ0v) is 16.4. The number of anilines is 1. The van der Waals surface area contributed by atoms with E-state index in [1.54, 1.807) is 7.11 Å². The van der Waals surface area contributed by atoms with Crippen LogP contribution in [-0.4, -0.2) is 49.8 Å². The number of amides is 1. The van der Waals surface area contributed by atoms with Crippen LogP contribution in [0.5, 0.6) is 5.75 Å². The van der Waals surface area contributed by atoms with E-state index in [4.69, 9.17) is 9.47 Å². The molecular weight excluding hydrogens is 316 g/mol. The highest BCUT2D eigenvalue weighted by Gasteiger charge is 2.31. The lowest BCUT2D eigenvalue weighted by Crippen LogP contribution is -2.41. The second-order valence-corrected chi connectivity index (χ2v) is 6.39. The third-order valence-electron chi connectivity index (χ3n) is 4.55. The van der Waals surface area contributed by atoms with Crippen molar-refractivity contribution >= 4 is 11.6 Å². The van der Waals surface area contributed by atoms with Crippen molar-refractivity contribution in [2.45, 2.75) is 52.6 Å². The van der Waals surface area contributed by atoms with Crippen LogP contribution in [0.25, 0.3) is 0 Å². The molecule has 0 bridgehead atoms. The van der Waals surface area contributed by atoms with Gasteiger partial charge < -0.3 is 19.7 Å². The number of ether oxygens (including phenoxy) is 2. The van der Waals surface area contributed by atoms with Crippen molar-refractivity contribution in [2.75, 3.05) is 38.7 Å². The summed E-state index contributed by atoms with van der Waals surface area (Å²) in [7, 11) is 1.57. The van der Waals surface area contributed by atoms with Crippen molar-refractivity contribution in [2.24, 2.45) is 0 Å². The van der Waals surface area contributed by atoms with Gasteiger partial charge in [-0.2, -0.15) is 0 Å². The molecule has 1 aromatic rings. The van der Waals surface area contributed by atoms with Crippen LogP contribution in [0.3, 0.4) is 0 Å². The van der Waals surface area contributed by atoms with Crippen molar-refractivity contribution in [3.05, 3.63) is 24.3 Å². The van der Waals surface area contributed by atoms with Crippen molar-refractivity contribution in [3.63, 3.8) is 0 Å². The van der Waals surface area contributed by atoms with Gasteiger partial charge in [0.2, 0.25) is 0 Å². The van der Waals surface area contributed by atoms with Gasteiger partial charge in [-0.05, 0) is 57.1 Å². The minimum atomic E-state index is -0.797. The Hall–Kier alpha value is -1.59. The Labute approximate surface area is 152 Å². The Kier molecular flexibility index (Phi) is 9.53. The van der Waals surface area contributed by atoms with E-state index in [9.17, 15) is 4.79 Å². The third kappa shape index (κ3) is 7.04. The maximum absolute atomic E-state index is 12.4. The highest BCUT2D eigenvalue weighted by molar-refractivity contribution is 5.97. The highest BCUT2D eigenvalue weighted by Crippen LogP contribution is 2.21. The number of benzene rings is 1. The standard InChI is InChI=1S/C20H34N2O3/c1-6-14-20(4,24-5)19(23)21-17-10-12-18(13-11-17)25-16-9-15-22(7-2)8-3/h10-13H,6-9,14-16H2,1-5H3,(H,21,23)/t20-/m1/s1. The van der Waals surface area contributed by atoms with E-state index >= 15 is 0 Å². The predicted octanol–water partition coefficient (Wildman–Crippen LogP) is 3.94. The predicted molar refractivity (Wildman–Crippen MR) is 103 cm³/mol. The summed E-state index contributed by atoms with van der Waals surface area (Å²) in [5.41, 5.74) is -0.0474. The molecule has 5 nitrogen and oxygen atoms in total. The minimum Gasteiger partial charge on any atom is -0.494 e. The highest BCUT2D eigenvalue weighted by atomic mass is 16.5. The van der Waals surface area contributed by atoms with Gasteiger partial charge in [0, 0.05) is 19.3 Å². The van der Waals surface area contributed by atoms with Crippen LogP contribution < -0.4 is 10.1 Å². The quantitative estimate of drug-likeness (QED) is 0.580. The molecule has 0 saturated heterocycles. The van der Waals surface area contributed by atoms with E-state index in [-0.39, 0.29) is 5.91 Å². The number of nitrogens with one attached hydrogen (secondary N) is 1. The summed E-state index contributed by atoms with van der Waals surface area (Å²) < 4.78 is 11.2. The largest absolute Gasteiger partial charge is 0.494 e. The summed E-state index contributed by atoms with van der Waals surface area (Å²) in [6.45, 7) is 12.1. The first-order valence-corrected chi connectivity index (χ1v) is 9.30. The number of carbonyl (C=O) groups is 1. The molecule has 0 fully saturated rings. The molecule has 1 N–H and O–H groups in total. The van der Waals surface area contributed by atoms with Gasteiger partial charge in [-0.1, -0.05) is 27.2 Å². The summed E-state index contributed by atoms with van der Waals surface area (Å²) in [6, 6.07) is 7.49. The van der Waals surface area contributed by atoms with E-state index in [0.29, 0.717) is 13.0 Å². The van der Waals surface area contributed by atoms with Crippen LogP contribution in [0.15, 0.2) is 24.3 Å². The van der Waals surface area contributed by atoms with Crippen LogP contribution in [0.1, 0.15) is 47.0 Å². The first-order chi connectivity index (χ1) is 12.0. The molecule has 0 spiro atoms. The average Bonchev–Trinajstić information content (AvgIpc) is 2.63. The Bertz CT molecular complexity index is 500. The number of methoxy groups -OCH3 is 1. The van der Waals surface area contributed by atoms with Crippen LogP contribution in [0, 0.1) is 0 Å².